The van der Waals surface area contributed by atoms with Gasteiger partial charge in [0.1, 0.15) is 0 Å². The largest absolute Gasteiger partial charge is 0.352 e. The van der Waals surface area contributed by atoms with E-state index in [1.54, 1.807) is 0 Å². The molecule has 0 aromatic rings. The normalized spacial score (nSPS) is 30.2. The molecular weight excluding hydrogens is 280 g/mol. The molecule has 2 unspecified atom stereocenters. The van der Waals surface area contributed by atoms with Gasteiger partial charge in [-0.15, -0.1) is 12.4 Å². The van der Waals surface area contributed by atoms with Gasteiger partial charge in [0.25, 0.3) is 0 Å². The Morgan fingerprint density at radius 1 is 1.21 bits per heavy atom. The molecule has 0 radical (unpaired) electrons. The minimum atomic E-state index is -0.579. The number of halogens is 1. The van der Waals surface area contributed by atoms with Crippen LogP contribution < -0.4 is 11.1 Å². The second-order valence-corrected chi connectivity index (χ2v) is 7.05. The van der Waals surface area contributed by atoms with Gasteiger partial charge in [-0.05, 0) is 38.4 Å². The number of amides is 1. The lowest BCUT2D eigenvalue weighted by Gasteiger charge is -2.35. The molecule has 2 aliphatic carbocycles. The highest BCUT2D eigenvalue weighted by Gasteiger charge is 2.36. The first-order valence-corrected chi connectivity index (χ1v) is 8.55. The van der Waals surface area contributed by atoms with Gasteiger partial charge in [0.2, 0.25) is 5.91 Å². The van der Waals surface area contributed by atoms with E-state index in [1.165, 1.54) is 19.3 Å². The standard InChI is InChI=1S/C14H26N2OS.ClH/c1-18-12-7-5-6-11(10-12)16-13(17)14(15)8-3-2-4-9-14;/h11-12H,2-10,15H2,1H3,(H,16,17);1H. The molecule has 3 N–H and O–H groups in total. The number of carbonyl (C=O) groups is 1. The number of carbonyl (C=O) groups excluding carboxylic acids is 1. The van der Waals surface area contributed by atoms with Crippen molar-refractivity contribution in [2.75, 3.05) is 6.26 Å². The van der Waals surface area contributed by atoms with E-state index < -0.39 is 5.54 Å². The molecule has 19 heavy (non-hydrogen) atoms. The van der Waals surface area contributed by atoms with Crippen LogP contribution in [0.2, 0.25) is 0 Å². The summed E-state index contributed by atoms with van der Waals surface area (Å²) in [5.74, 6) is 0.106. The van der Waals surface area contributed by atoms with Crippen molar-refractivity contribution in [3.63, 3.8) is 0 Å². The molecule has 0 aromatic carbocycles. The Hall–Kier alpha value is 0.0700. The summed E-state index contributed by atoms with van der Waals surface area (Å²) >= 11 is 1.93. The molecular formula is C14H27ClN2OS. The summed E-state index contributed by atoms with van der Waals surface area (Å²) in [5.41, 5.74) is 5.69. The number of nitrogens with two attached hydrogens (primary N) is 1. The molecule has 0 saturated heterocycles. The van der Waals surface area contributed by atoms with E-state index >= 15 is 0 Å². The van der Waals surface area contributed by atoms with Crippen LogP contribution in [0.25, 0.3) is 0 Å². The van der Waals surface area contributed by atoms with Crippen LogP contribution in [0.5, 0.6) is 0 Å². The molecule has 2 saturated carbocycles. The third-order valence-corrected chi connectivity index (χ3v) is 5.59. The van der Waals surface area contributed by atoms with Crippen molar-refractivity contribution in [2.45, 2.75) is 74.6 Å². The van der Waals surface area contributed by atoms with Gasteiger partial charge in [-0.1, -0.05) is 25.7 Å². The van der Waals surface area contributed by atoms with Crippen LogP contribution in [0.4, 0.5) is 0 Å². The molecule has 0 aliphatic heterocycles. The Morgan fingerprint density at radius 3 is 2.53 bits per heavy atom. The van der Waals surface area contributed by atoms with Crippen molar-refractivity contribution < 1.29 is 4.79 Å². The van der Waals surface area contributed by atoms with E-state index in [0.29, 0.717) is 11.3 Å². The third-order valence-electron chi connectivity index (χ3n) is 4.49. The summed E-state index contributed by atoms with van der Waals surface area (Å²) < 4.78 is 0. The van der Waals surface area contributed by atoms with Crippen molar-refractivity contribution in [2.24, 2.45) is 5.73 Å². The summed E-state index contributed by atoms with van der Waals surface area (Å²) in [6.45, 7) is 0. The highest BCUT2D eigenvalue weighted by molar-refractivity contribution is 7.99. The number of rotatable bonds is 3. The molecule has 2 fully saturated rings. The van der Waals surface area contributed by atoms with Gasteiger partial charge in [0.15, 0.2) is 0 Å². The van der Waals surface area contributed by atoms with Crippen molar-refractivity contribution in [3.8, 4) is 0 Å². The fraction of sp³-hybridized carbons (Fsp3) is 0.929. The molecule has 112 valence electrons. The molecule has 2 rings (SSSR count). The van der Waals surface area contributed by atoms with Gasteiger partial charge in [0, 0.05) is 11.3 Å². The number of hydrogen-bond donors (Lipinski definition) is 2. The Labute approximate surface area is 127 Å². The van der Waals surface area contributed by atoms with Crippen molar-refractivity contribution in [1.29, 1.82) is 0 Å². The SMILES string of the molecule is CSC1CCCC(NC(=O)C2(N)CCCCC2)C1.Cl. The summed E-state index contributed by atoms with van der Waals surface area (Å²) in [6, 6.07) is 0.353. The first-order chi connectivity index (χ1) is 8.64. The molecule has 5 heteroatoms. The lowest BCUT2D eigenvalue weighted by atomic mass is 9.81. The second kappa shape index (κ2) is 7.75. The maximum Gasteiger partial charge on any atom is 0.240 e. The Balaban J connectivity index is 0.00000180. The average Bonchev–Trinajstić information content (AvgIpc) is 2.40. The van der Waals surface area contributed by atoms with Crippen LogP contribution in [-0.4, -0.2) is 29.0 Å². The van der Waals surface area contributed by atoms with Crippen LogP contribution in [-0.2, 0) is 4.79 Å². The number of hydrogen-bond acceptors (Lipinski definition) is 3. The summed E-state index contributed by atoms with van der Waals surface area (Å²) in [5, 5.41) is 3.93. The monoisotopic (exact) mass is 306 g/mol. The van der Waals surface area contributed by atoms with Gasteiger partial charge in [-0.3, -0.25) is 4.79 Å². The van der Waals surface area contributed by atoms with E-state index in [0.717, 1.165) is 38.5 Å². The van der Waals surface area contributed by atoms with Crippen LogP contribution in [0.1, 0.15) is 57.8 Å². The first kappa shape index (κ1) is 17.1. The lowest BCUT2D eigenvalue weighted by Crippen LogP contribution is -2.57. The van der Waals surface area contributed by atoms with Crippen LogP contribution in [0.15, 0.2) is 0 Å². The van der Waals surface area contributed by atoms with Gasteiger partial charge in [-0.25, -0.2) is 0 Å². The molecule has 2 aliphatic rings. The predicted molar refractivity (Wildman–Crippen MR) is 85.0 cm³/mol. The highest BCUT2D eigenvalue weighted by atomic mass is 35.5. The van der Waals surface area contributed by atoms with Gasteiger partial charge in [-0.2, -0.15) is 11.8 Å². The van der Waals surface area contributed by atoms with Gasteiger partial charge >= 0.3 is 0 Å². The van der Waals surface area contributed by atoms with Crippen LogP contribution in [0, 0.1) is 0 Å². The zero-order valence-corrected chi connectivity index (χ0v) is 13.5. The second-order valence-electron chi connectivity index (χ2n) is 5.91. The third kappa shape index (κ3) is 4.54. The van der Waals surface area contributed by atoms with Crippen LogP contribution in [0.3, 0.4) is 0 Å². The summed E-state index contributed by atoms with van der Waals surface area (Å²) in [4.78, 5) is 12.3. The van der Waals surface area contributed by atoms with Crippen molar-refractivity contribution in [1.82, 2.24) is 5.32 Å². The summed E-state index contributed by atoms with van der Waals surface area (Å²) in [7, 11) is 0. The maximum atomic E-state index is 12.3. The number of nitrogens with one attached hydrogen (secondary N) is 1. The van der Waals surface area contributed by atoms with Crippen molar-refractivity contribution >= 4 is 30.1 Å². The minimum absolute atomic E-state index is 0. The van der Waals surface area contributed by atoms with E-state index in [-0.39, 0.29) is 18.3 Å². The van der Waals surface area contributed by atoms with Crippen LogP contribution >= 0.6 is 24.2 Å². The van der Waals surface area contributed by atoms with Crippen molar-refractivity contribution in [3.05, 3.63) is 0 Å². The average molecular weight is 307 g/mol. The zero-order chi connectivity index (χ0) is 13.0. The summed E-state index contributed by atoms with van der Waals surface area (Å²) in [6.07, 6.45) is 12.1. The van der Waals surface area contributed by atoms with E-state index in [9.17, 15) is 4.79 Å². The molecule has 2 atom stereocenters. The first-order valence-electron chi connectivity index (χ1n) is 7.27. The Bertz CT molecular complexity index is 295. The quantitative estimate of drug-likeness (QED) is 0.843. The predicted octanol–water partition coefficient (Wildman–Crippen LogP) is 2.86. The highest BCUT2D eigenvalue weighted by Crippen LogP contribution is 2.29. The fourth-order valence-corrected chi connectivity index (χ4v) is 4.06. The minimum Gasteiger partial charge on any atom is -0.352 e. The van der Waals surface area contributed by atoms with Gasteiger partial charge < -0.3 is 11.1 Å². The molecule has 0 heterocycles. The molecule has 1 amide bonds. The molecule has 0 aromatic heterocycles. The maximum absolute atomic E-state index is 12.3. The Kier molecular flexibility index (Phi) is 6.98. The lowest BCUT2D eigenvalue weighted by molar-refractivity contribution is -0.128. The molecule has 3 nitrogen and oxygen atoms in total. The topological polar surface area (TPSA) is 55.1 Å². The molecule has 0 bridgehead atoms. The Morgan fingerprint density at radius 2 is 1.89 bits per heavy atom. The fourth-order valence-electron chi connectivity index (χ4n) is 3.23. The molecule has 0 spiro atoms. The number of thioether (sulfide) groups is 1. The van der Waals surface area contributed by atoms with E-state index in [4.69, 9.17) is 5.73 Å². The zero-order valence-electron chi connectivity index (χ0n) is 11.8. The van der Waals surface area contributed by atoms with E-state index in [2.05, 4.69) is 11.6 Å². The van der Waals surface area contributed by atoms with E-state index in [1.807, 2.05) is 11.8 Å². The smallest absolute Gasteiger partial charge is 0.240 e. The van der Waals surface area contributed by atoms with Gasteiger partial charge in [0.05, 0.1) is 5.54 Å².